The first-order valence-electron chi connectivity index (χ1n) is 14.7. The summed E-state index contributed by atoms with van der Waals surface area (Å²) in [5.74, 6) is 0.414. The molecule has 0 radical (unpaired) electrons. The molecule has 1 aromatic heterocycles. The Morgan fingerprint density at radius 2 is 1.67 bits per heavy atom. The molecule has 3 aliphatic rings. The van der Waals surface area contributed by atoms with E-state index in [1.807, 2.05) is 16.4 Å². The molecule has 43 heavy (non-hydrogen) atoms. The molecular formula is C28H38F2N8O4S. The van der Waals surface area contributed by atoms with E-state index in [9.17, 15) is 22.6 Å². The quantitative estimate of drug-likeness (QED) is 0.303. The Balaban J connectivity index is 0.955. The molecule has 2 unspecified atom stereocenters. The number of benzene rings is 1. The van der Waals surface area contributed by atoms with E-state index in [-0.39, 0.29) is 23.6 Å². The number of nitrogens with zero attached hydrogens (tertiary/aromatic N) is 5. The third kappa shape index (κ3) is 9.03. The maximum absolute atomic E-state index is 12.9. The van der Waals surface area contributed by atoms with Crippen LogP contribution in [0.15, 0.2) is 36.7 Å². The number of anilines is 3. The zero-order chi connectivity index (χ0) is 30.2. The summed E-state index contributed by atoms with van der Waals surface area (Å²) in [5.41, 5.74) is 1.99. The number of halogens is 2. The van der Waals surface area contributed by atoms with Crippen LogP contribution < -0.4 is 25.6 Å². The standard InChI is InChI=1S/C28H38F2N8O4S/c29-27(30)42-23-18-31-28(32-19-23)34-21-8-11-38(12-9-21)43(41)17-1-10-36-13-15-37(16-14-36)22-4-2-20(3-5-22)33-24-6-7-25(39)35-26(24)40/h2-5,18-19,21,24,27,33H,1,6-17H2,(H,31,32,34)(H,35,39,40). The maximum Gasteiger partial charge on any atom is 0.387 e. The van der Waals surface area contributed by atoms with Gasteiger partial charge in [-0.3, -0.25) is 19.8 Å². The van der Waals surface area contributed by atoms with E-state index in [2.05, 4.69) is 52.6 Å². The van der Waals surface area contributed by atoms with Crippen molar-refractivity contribution in [3.05, 3.63) is 36.7 Å². The van der Waals surface area contributed by atoms with E-state index in [1.165, 1.54) is 12.4 Å². The molecule has 2 atom stereocenters. The molecule has 0 bridgehead atoms. The monoisotopic (exact) mass is 620 g/mol. The minimum atomic E-state index is -2.91. The van der Waals surface area contributed by atoms with Crippen LogP contribution in [0.4, 0.5) is 26.1 Å². The van der Waals surface area contributed by atoms with Crippen LogP contribution in [-0.2, 0) is 20.6 Å². The van der Waals surface area contributed by atoms with E-state index in [4.69, 9.17) is 0 Å². The Labute approximate surface area is 252 Å². The first-order chi connectivity index (χ1) is 20.8. The highest BCUT2D eigenvalue weighted by Crippen LogP contribution is 2.22. The van der Waals surface area contributed by atoms with Gasteiger partial charge in [-0.15, -0.1) is 0 Å². The van der Waals surface area contributed by atoms with Crippen LogP contribution >= 0.6 is 0 Å². The maximum atomic E-state index is 12.9. The number of hydrogen-bond donors (Lipinski definition) is 3. The molecule has 3 fully saturated rings. The van der Waals surface area contributed by atoms with Gasteiger partial charge in [-0.2, -0.15) is 8.78 Å². The normalized spacial score (nSPS) is 21.5. The summed E-state index contributed by atoms with van der Waals surface area (Å²) >= 11 is 0. The lowest BCUT2D eigenvalue weighted by Crippen LogP contribution is -2.47. The number of imide groups is 1. The number of ether oxygens (including phenoxy) is 1. The van der Waals surface area contributed by atoms with E-state index in [0.29, 0.717) is 37.6 Å². The van der Waals surface area contributed by atoms with Gasteiger partial charge in [0.1, 0.15) is 6.04 Å². The molecule has 3 saturated heterocycles. The summed E-state index contributed by atoms with van der Waals surface area (Å²) in [6.07, 6.45) is 5.73. The number of carbonyl (C=O) groups excluding carboxylic acids is 2. The van der Waals surface area contributed by atoms with Gasteiger partial charge < -0.3 is 20.3 Å². The summed E-state index contributed by atoms with van der Waals surface area (Å²) < 4.78 is 43.7. The second-order valence-electron chi connectivity index (χ2n) is 10.9. The Bertz CT molecular complexity index is 1240. The Morgan fingerprint density at radius 1 is 0.977 bits per heavy atom. The predicted octanol–water partition coefficient (Wildman–Crippen LogP) is 2.05. The number of piperazine rings is 1. The second-order valence-corrected chi connectivity index (χ2v) is 12.4. The Hall–Kier alpha value is -3.43. The fraction of sp³-hybridized carbons (Fsp3) is 0.571. The van der Waals surface area contributed by atoms with E-state index >= 15 is 0 Å². The van der Waals surface area contributed by atoms with Gasteiger partial charge in [0.2, 0.25) is 17.8 Å². The summed E-state index contributed by atoms with van der Waals surface area (Å²) in [7, 11) is -1.03. The van der Waals surface area contributed by atoms with E-state index < -0.39 is 23.6 Å². The number of nitrogens with one attached hydrogen (secondary N) is 3. The highest BCUT2D eigenvalue weighted by molar-refractivity contribution is 7.82. The largest absolute Gasteiger partial charge is 0.432 e. The van der Waals surface area contributed by atoms with Crippen molar-refractivity contribution in [3.8, 4) is 5.75 Å². The van der Waals surface area contributed by atoms with Gasteiger partial charge >= 0.3 is 6.61 Å². The van der Waals surface area contributed by atoms with Crippen LogP contribution in [0.5, 0.6) is 5.75 Å². The number of amides is 2. The fourth-order valence-electron chi connectivity index (χ4n) is 5.51. The molecule has 15 heteroatoms. The summed E-state index contributed by atoms with van der Waals surface area (Å²) in [4.78, 5) is 36.2. The van der Waals surface area contributed by atoms with Crippen LogP contribution in [0.2, 0.25) is 0 Å². The smallest absolute Gasteiger partial charge is 0.387 e. The minimum Gasteiger partial charge on any atom is -0.432 e. The van der Waals surface area contributed by atoms with Crippen molar-refractivity contribution in [2.24, 2.45) is 0 Å². The molecule has 234 valence electrons. The molecule has 0 aliphatic carbocycles. The molecule has 2 aromatic rings. The van der Waals surface area contributed by atoms with Crippen LogP contribution in [0.1, 0.15) is 32.1 Å². The molecular weight excluding hydrogens is 582 g/mol. The van der Waals surface area contributed by atoms with Gasteiger partial charge in [-0.25, -0.2) is 18.5 Å². The van der Waals surface area contributed by atoms with E-state index in [0.717, 1.165) is 63.4 Å². The average Bonchev–Trinajstić information content (AvgIpc) is 3.00. The number of hydrogen-bond acceptors (Lipinski definition) is 10. The van der Waals surface area contributed by atoms with Crippen LogP contribution in [0.3, 0.4) is 0 Å². The summed E-state index contributed by atoms with van der Waals surface area (Å²) in [6, 6.07) is 7.79. The molecule has 4 heterocycles. The number of carbonyl (C=O) groups is 2. The van der Waals surface area contributed by atoms with Crippen molar-refractivity contribution >= 4 is 40.1 Å². The van der Waals surface area contributed by atoms with Crippen molar-refractivity contribution in [3.63, 3.8) is 0 Å². The van der Waals surface area contributed by atoms with Crippen molar-refractivity contribution < 1.29 is 27.3 Å². The highest BCUT2D eigenvalue weighted by atomic mass is 32.2. The fourth-order valence-corrected chi connectivity index (χ4v) is 6.76. The molecule has 3 N–H and O–H groups in total. The second kappa shape index (κ2) is 14.8. The molecule has 3 aliphatic heterocycles. The lowest BCUT2D eigenvalue weighted by molar-refractivity contribution is -0.133. The van der Waals surface area contributed by atoms with Gasteiger partial charge in [0.05, 0.1) is 23.4 Å². The van der Waals surface area contributed by atoms with Crippen molar-refractivity contribution in [1.29, 1.82) is 0 Å². The Morgan fingerprint density at radius 3 is 2.33 bits per heavy atom. The van der Waals surface area contributed by atoms with Gasteiger partial charge in [0.25, 0.3) is 0 Å². The van der Waals surface area contributed by atoms with Crippen molar-refractivity contribution in [2.45, 2.75) is 50.8 Å². The third-order valence-corrected chi connectivity index (χ3v) is 9.49. The zero-order valence-corrected chi connectivity index (χ0v) is 24.7. The molecule has 5 rings (SSSR count). The summed E-state index contributed by atoms with van der Waals surface area (Å²) in [6.45, 7) is 3.12. The highest BCUT2D eigenvalue weighted by Gasteiger charge is 2.27. The zero-order valence-electron chi connectivity index (χ0n) is 23.9. The average molecular weight is 621 g/mol. The van der Waals surface area contributed by atoms with E-state index in [1.54, 1.807) is 0 Å². The lowest BCUT2D eigenvalue weighted by atomic mass is 10.1. The molecule has 1 aromatic carbocycles. The number of rotatable bonds is 12. The first-order valence-corrected chi connectivity index (χ1v) is 15.9. The number of aromatic nitrogens is 2. The van der Waals surface area contributed by atoms with Gasteiger partial charge in [-0.1, -0.05) is 0 Å². The SMILES string of the molecule is O=C1CCC(Nc2ccc(N3CCN(CCCS(=O)N4CCC(Nc5ncc(OC(F)F)cn5)CC4)CC3)cc2)C(=O)N1. The van der Waals surface area contributed by atoms with Crippen LogP contribution in [0.25, 0.3) is 0 Å². The topological polar surface area (TPSA) is 132 Å². The van der Waals surface area contributed by atoms with Gasteiger partial charge in [-0.05, 0) is 56.5 Å². The van der Waals surface area contributed by atoms with Crippen molar-refractivity contribution in [2.75, 3.05) is 67.1 Å². The first kappa shape index (κ1) is 31.0. The van der Waals surface area contributed by atoms with Crippen molar-refractivity contribution in [1.82, 2.24) is 24.5 Å². The van der Waals surface area contributed by atoms with Crippen LogP contribution in [0, 0.1) is 0 Å². The predicted molar refractivity (Wildman–Crippen MR) is 159 cm³/mol. The molecule has 0 saturated carbocycles. The van der Waals surface area contributed by atoms with Gasteiger partial charge in [0, 0.05) is 68.9 Å². The van der Waals surface area contributed by atoms with Gasteiger partial charge in [0.15, 0.2) is 5.75 Å². The lowest BCUT2D eigenvalue weighted by Gasteiger charge is -2.36. The molecule has 12 nitrogen and oxygen atoms in total. The third-order valence-electron chi connectivity index (χ3n) is 7.91. The number of piperidine rings is 2. The van der Waals surface area contributed by atoms with Crippen LogP contribution in [-0.4, -0.2) is 105 Å². The number of alkyl halides is 2. The molecule has 0 spiro atoms. The summed E-state index contributed by atoms with van der Waals surface area (Å²) in [5, 5.41) is 8.80. The minimum absolute atomic E-state index is 0.0829. The molecule has 2 amide bonds. The Kier molecular flexibility index (Phi) is 10.7.